The second-order valence-corrected chi connectivity index (χ2v) is 5.95. The number of benzene rings is 3. The second kappa shape index (κ2) is 7.74. The van der Waals surface area contributed by atoms with Gasteiger partial charge in [0.25, 0.3) is 5.91 Å². The van der Waals surface area contributed by atoms with Crippen molar-refractivity contribution in [2.45, 2.75) is 0 Å². The Bertz CT molecular complexity index is 1060. The number of carbonyl (C=O) groups excluding carboxylic acids is 1. The molecule has 134 valence electrons. The Morgan fingerprint density at radius 3 is 2.37 bits per heavy atom. The fourth-order valence-electron chi connectivity index (χ4n) is 2.81. The van der Waals surface area contributed by atoms with E-state index in [0.29, 0.717) is 24.5 Å². The predicted molar refractivity (Wildman–Crippen MR) is 103 cm³/mol. The van der Waals surface area contributed by atoms with Crippen LogP contribution in [0.3, 0.4) is 0 Å². The van der Waals surface area contributed by atoms with E-state index in [-0.39, 0.29) is 5.91 Å². The summed E-state index contributed by atoms with van der Waals surface area (Å²) in [4.78, 5) is 17.1. The first kappa shape index (κ1) is 16.8. The number of hydrogen-bond donors (Lipinski definition) is 0. The SMILES string of the molecule is O=C(c1cccc(OCCOc2ccccc2)c1)n1cnc2ccccc21. The summed E-state index contributed by atoms with van der Waals surface area (Å²) in [5.74, 6) is 1.29. The van der Waals surface area contributed by atoms with Gasteiger partial charge in [-0.3, -0.25) is 9.36 Å². The average Bonchev–Trinajstić information content (AvgIpc) is 3.16. The summed E-state index contributed by atoms with van der Waals surface area (Å²) in [6.07, 6.45) is 1.55. The van der Waals surface area contributed by atoms with Crippen LogP contribution in [0.4, 0.5) is 0 Å². The first-order chi connectivity index (χ1) is 13.3. The summed E-state index contributed by atoms with van der Waals surface area (Å²) in [5.41, 5.74) is 2.11. The number of rotatable bonds is 6. The largest absolute Gasteiger partial charge is 0.490 e. The molecule has 1 aromatic heterocycles. The van der Waals surface area contributed by atoms with Crippen molar-refractivity contribution in [1.29, 1.82) is 0 Å². The molecule has 0 aliphatic heterocycles. The normalized spacial score (nSPS) is 10.7. The first-order valence-electron chi connectivity index (χ1n) is 8.69. The molecular weight excluding hydrogens is 340 g/mol. The van der Waals surface area contributed by atoms with Gasteiger partial charge in [0.2, 0.25) is 0 Å². The lowest BCUT2D eigenvalue weighted by Gasteiger charge is -2.09. The number of para-hydroxylation sites is 3. The van der Waals surface area contributed by atoms with E-state index in [4.69, 9.17) is 9.47 Å². The Labute approximate surface area is 156 Å². The van der Waals surface area contributed by atoms with E-state index in [2.05, 4.69) is 4.98 Å². The minimum absolute atomic E-state index is 0.144. The summed E-state index contributed by atoms with van der Waals surface area (Å²) in [6, 6.07) is 24.3. The molecular formula is C22H18N2O3. The molecule has 0 saturated heterocycles. The molecule has 0 atom stereocenters. The maximum Gasteiger partial charge on any atom is 0.263 e. The molecule has 0 aliphatic rings. The van der Waals surface area contributed by atoms with Crippen LogP contribution in [0.25, 0.3) is 11.0 Å². The maximum absolute atomic E-state index is 12.8. The minimum Gasteiger partial charge on any atom is -0.490 e. The smallest absolute Gasteiger partial charge is 0.263 e. The standard InChI is InChI=1S/C22H18N2O3/c25-22(24-16-23-20-11-4-5-12-21(20)24)17-7-6-10-19(15-17)27-14-13-26-18-8-2-1-3-9-18/h1-12,15-16H,13-14H2. The lowest BCUT2D eigenvalue weighted by molar-refractivity contribution is 0.0964. The molecule has 0 spiro atoms. The van der Waals surface area contributed by atoms with Gasteiger partial charge in [-0.15, -0.1) is 0 Å². The van der Waals surface area contributed by atoms with Crippen LogP contribution < -0.4 is 9.47 Å². The van der Waals surface area contributed by atoms with Crippen molar-refractivity contribution in [3.05, 3.63) is 90.8 Å². The molecule has 0 radical (unpaired) electrons. The second-order valence-electron chi connectivity index (χ2n) is 5.95. The zero-order valence-electron chi connectivity index (χ0n) is 14.6. The maximum atomic E-state index is 12.8. The molecule has 0 saturated carbocycles. The Morgan fingerprint density at radius 2 is 1.52 bits per heavy atom. The molecule has 4 rings (SSSR count). The summed E-state index contributed by atoms with van der Waals surface area (Å²) >= 11 is 0. The van der Waals surface area contributed by atoms with E-state index in [1.165, 1.54) is 0 Å². The van der Waals surface area contributed by atoms with Crippen molar-refractivity contribution < 1.29 is 14.3 Å². The highest BCUT2D eigenvalue weighted by Crippen LogP contribution is 2.18. The number of ether oxygens (including phenoxy) is 2. The number of hydrogen-bond acceptors (Lipinski definition) is 4. The fraction of sp³-hybridized carbons (Fsp3) is 0.0909. The van der Waals surface area contributed by atoms with Gasteiger partial charge in [0.1, 0.15) is 31.0 Å². The molecule has 27 heavy (non-hydrogen) atoms. The molecule has 0 N–H and O–H groups in total. The molecule has 5 nitrogen and oxygen atoms in total. The Balaban J connectivity index is 1.42. The van der Waals surface area contributed by atoms with Gasteiger partial charge < -0.3 is 9.47 Å². The summed E-state index contributed by atoms with van der Waals surface area (Å²) in [5, 5.41) is 0. The van der Waals surface area contributed by atoms with Gasteiger partial charge in [-0.05, 0) is 42.5 Å². The molecule has 0 fully saturated rings. The number of nitrogens with zero attached hydrogens (tertiary/aromatic N) is 2. The Hall–Kier alpha value is -3.60. The van der Waals surface area contributed by atoms with Crippen LogP contribution >= 0.6 is 0 Å². The molecule has 0 aliphatic carbocycles. The van der Waals surface area contributed by atoms with Crippen molar-refractivity contribution >= 4 is 16.9 Å². The molecule has 4 aromatic rings. The van der Waals surface area contributed by atoms with Gasteiger partial charge >= 0.3 is 0 Å². The summed E-state index contributed by atoms with van der Waals surface area (Å²) in [6.45, 7) is 0.814. The number of imidazole rings is 1. The Kier molecular flexibility index (Phi) is 4.83. The lowest BCUT2D eigenvalue weighted by atomic mass is 10.2. The quantitative estimate of drug-likeness (QED) is 0.485. The zero-order chi connectivity index (χ0) is 18.5. The average molecular weight is 358 g/mol. The molecule has 5 heteroatoms. The lowest BCUT2D eigenvalue weighted by Crippen LogP contribution is -2.12. The van der Waals surface area contributed by atoms with Crippen molar-refractivity contribution in [3.63, 3.8) is 0 Å². The van der Waals surface area contributed by atoms with Crippen LogP contribution in [0.5, 0.6) is 11.5 Å². The number of carbonyl (C=O) groups is 1. The van der Waals surface area contributed by atoms with Gasteiger partial charge in [0, 0.05) is 5.56 Å². The van der Waals surface area contributed by atoms with E-state index < -0.39 is 0 Å². The number of aromatic nitrogens is 2. The van der Waals surface area contributed by atoms with Crippen molar-refractivity contribution in [2.75, 3.05) is 13.2 Å². The zero-order valence-corrected chi connectivity index (χ0v) is 14.6. The van der Waals surface area contributed by atoms with Crippen LogP contribution in [0.2, 0.25) is 0 Å². The fourth-order valence-corrected chi connectivity index (χ4v) is 2.81. The van der Waals surface area contributed by atoms with Gasteiger partial charge in [0.15, 0.2) is 0 Å². The van der Waals surface area contributed by atoms with Gasteiger partial charge in [0.05, 0.1) is 11.0 Å². The monoisotopic (exact) mass is 358 g/mol. The van der Waals surface area contributed by atoms with Crippen LogP contribution in [0.1, 0.15) is 10.4 Å². The number of fused-ring (bicyclic) bond motifs is 1. The van der Waals surface area contributed by atoms with Crippen LogP contribution in [0.15, 0.2) is 85.2 Å². The van der Waals surface area contributed by atoms with Gasteiger partial charge in [-0.2, -0.15) is 0 Å². The highest BCUT2D eigenvalue weighted by Gasteiger charge is 2.12. The van der Waals surface area contributed by atoms with Crippen molar-refractivity contribution in [3.8, 4) is 11.5 Å². The molecule has 3 aromatic carbocycles. The van der Waals surface area contributed by atoms with Gasteiger partial charge in [-0.25, -0.2) is 4.98 Å². The third-order valence-corrected chi connectivity index (χ3v) is 4.12. The van der Waals surface area contributed by atoms with E-state index in [0.717, 1.165) is 16.8 Å². The van der Waals surface area contributed by atoms with Crippen LogP contribution in [-0.2, 0) is 0 Å². The van der Waals surface area contributed by atoms with Crippen molar-refractivity contribution in [1.82, 2.24) is 9.55 Å². The molecule has 1 heterocycles. The molecule has 0 bridgehead atoms. The predicted octanol–water partition coefficient (Wildman–Crippen LogP) is 4.18. The van der Waals surface area contributed by atoms with E-state index >= 15 is 0 Å². The Morgan fingerprint density at radius 1 is 0.815 bits per heavy atom. The summed E-state index contributed by atoms with van der Waals surface area (Å²) in [7, 11) is 0. The van der Waals surface area contributed by atoms with Gasteiger partial charge in [-0.1, -0.05) is 36.4 Å². The topological polar surface area (TPSA) is 53.4 Å². The van der Waals surface area contributed by atoms with E-state index in [1.54, 1.807) is 29.1 Å². The highest BCUT2D eigenvalue weighted by molar-refractivity contribution is 6.01. The molecule has 0 unspecified atom stereocenters. The van der Waals surface area contributed by atoms with Crippen molar-refractivity contribution in [2.24, 2.45) is 0 Å². The minimum atomic E-state index is -0.144. The van der Waals surface area contributed by atoms with Crippen LogP contribution in [0, 0.1) is 0 Å². The molecule has 0 amide bonds. The summed E-state index contributed by atoms with van der Waals surface area (Å²) < 4.78 is 12.9. The van der Waals surface area contributed by atoms with Crippen LogP contribution in [-0.4, -0.2) is 28.7 Å². The highest BCUT2D eigenvalue weighted by atomic mass is 16.5. The van der Waals surface area contributed by atoms with E-state index in [1.807, 2.05) is 60.7 Å². The third-order valence-electron chi connectivity index (χ3n) is 4.12. The first-order valence-corrected chi connectivity index (χ1v) is 8.69. The van der Waals surface area contributed by atoms with E-state index in [9.17, 15) is 4.79 Å². The third kappa shape index (κ3) is 3.82.